The Balaban J connectivity index is 0. The highest BCUT2D eigenvalue weighted by atomic mass is 35.5. The molecule has 0 spiro atoms. The molecule has 3 heteroatoms. The van der Waals surface area contributed by atoms with Crippen LogP contribution in [0.3, 0.4) is 0 Å². The molecular formula is C18H39Cl2N. The molecule has 0 rings (SSSR count). The fourth-order valence-electron chi connectivity index (χ4n) is 3.13. The molecule has 0 aromatic heterocycles. The molecule has 0 saturated carbocycles. The summed E-state index contributed by atoms with van der Waals surface area (Å²) in [5.74, 6) is 0.828. The SMILES string of the molecule is CCCCCC[N+](CCCC)(CCCCl)CCCCC.[Cl-]. The predicted octanol–water partition coefficient (Wildman–Crippen LogP) is 3.01. The highest BCUT2D eigenvalue weighted by Gasteiger charge is 2.25. The van der Waals surface area contributed by atoms with Crippen molar-refractivity contribution in [3.8, 4) is 0 Å². The zero-order valence-corrected chi connectivity index (χ0v) is 16.3. The Morgan fingerprint density at radius 2 is 1.00 bits per heavy atom. The summed E-state index contributed by atoms with van der Waals surface area (Å²) in [6.07, 6.45) is 13.6. The molecular weight excluding hydrogens is 301 g/mol. The third-order valence-electron chi connectivity index (χ3n) is 4.47. The Morgan fingerprint density at radius 1 is 0.571 bits per heavy atom. The van der Waals surface area contributed by atoms with Gasteiger partial charge in [0.15, 0.2) is 0 Å². The molecule has 130 valence electrons. The van der Waals surface area contributed by atoms with Crippen LogP contribution in [0.2, 0.25) is 0 Å². The highest BCUT2D eigenvalue weighted by molar-refractivity contribution is 6.17. The second kappa shape index (κ2) is 16.9. The minimum absolute atomic E-state index is 0. The largest absolute Gasteiger partial charge is 1.00 e. The maximum Gasteiger partial charge on any atom is 0.0798 e. The first-order valence-electron chi connectivity index (χ1n) is 9.15. The van der Waals surface area contributed by atoms with Crippen molar-refractivity contribution in [3.63, 3.8) is 0 Å². The fourth-order valence-corrected chi connectivity index (χ4v) is 3.25. The molecule has 0 N–H and O–H groups in total. The van der Waals surface area contributed by atoms with Gasteiger partial charge < -0.3 is 16.9 Å². The van der Waals surface area contributed by atoms with E-state index in [0.29, 0.717) is 0 Å². The van der Waals surface area contributed by atoms with Crippen molar-refractivity contribution < 1.29 is 16.9 Å². The number of alkyl halides is 1. The van der Waals surface area contributed by atoms with Crippen LogP contribution in [0.5, 0.6) is 0 Å². The van der Waals surface area contributed by atoms with Gasteiger partial charge in [0, 0.05) is 12.3 Å². The lowest BCUT2D eigenvalue weighted by atomic mass is 10.1. The minimum atomic E-state index is 0. The molecule has 0 aliphatic heterocycles. The van der Waals surface area contributed by atoms with E-state index >= 15 is 0 Å². The van der Waals surface area contributed by atoms with Crippen LogP contribution in [0.25, 0.3) is 0 Å². The van der Waals surface area contributed by atoms with E-state index in [1.165, 1.54) is 94.9 Å². The van der Waals surface area contributed by atoms with Crippen LogP contribution in [0.1, 0.15) is 85.0 Å². The first-order valence-corrected chi connectivity index (χ1v) is 9.69. The highest BCUT2D eigenvalue weighted by Crippen LogP contribution is 2.17. The first-order chi connectivity index (χ1) is 9.74. The molecule has 0 radical (unpaired) electrons. The normalized spacial score (nSPS) is 13.7. The van der Waals surface area contributed by atoms with Gasteiger partial charge in [-0.1, -0.05) is 46.5 Å². The number of nitrogens with zero attached hydrogens (tertiary/aromatic N) is 1. The van der Waals surface area contributed by atoms with E-state index in [1.807, 2.05) is 0 Å². The van der Waals surface area contributed by atoms with Gasteiger partial charge in [0.1, 0.15) is 0 Å². The van der Waals surface area contributed by atoms with Crippen molar-refractivity contribution in [2.75, 3.05) is 32.1 Å². The van der Waals surface area contributed by atoms with Crippen LogP contribution < -0.4 is 12.4 Å². The van der Waals surface area contributed by atoms with Crippen LogP contribution in [0.4, 0.5) is 0 Å². The molecule has 0 fully saturated rings. The fraction of sp³-hybridized carbons (Fsp3) is 1.00. The standard InChI is InChI=1S/C18H39ClN.ClH/c1-4-7-10-12-17-20(15-9-6-3,18-13-14-19)16-11-8-5-2;/h4-18H2,1-3H3;1H/q+1;/p-1. The van der Waals surface area contributed by atoms with Crippen molar-refractivity contribution in [1.29, 1.82) is 0 Å². The van der Waals surface area contributed by atoms with Crippen molar-refractivity contribution >= 4 is 11.6 Å². The van der Waals surface area contributed by atoms with Gasteiger partial charge in [-0.2, -0.15) is 0 Å². The molecule has 0 saturated heterocycles. The van der Waals surface area contributed by atoms with E-state index in [0.717, 1.165) is 5.88 Å². The van der Waals surface area contributed by atoms with Gasteiger partial charge in [0.05, 0.1) is 26.2 Å². The summed E-state index contributed by atoms with van der Waals surface area (Å²) in [6, 6.07) is 0. The Morgan fingerprint density at radius 3 is 1.52 bits per heavy atom. The summed E-state index contributed by atoms with van der Waals surface area (Å²) in [5, 5.41) is 0. The zero-order chi connectivity index (χ0) is 15.1. The lowest BCUT2D eigenvalue weighted by Gasteiger charge is -2.39. The lowest BCUT2D eigenvalue weighted by Crippen LogP contribution is -3.00. The summed E-state index contributed by atoms with van der Waals surface area (Å²) in [7, 11) is 0. The molecule has 0 aromatic carbocycles. The van der Waals surface area contributed by atoms with Gasteiger partial charge in [-0.25, -0.2) is 0 Å². The zero-order valence-electron chi connectivity index (χ0n) is 14.8. The molecule has 0 amide bonds. The number of quaternary nitrogens is 1. The first kappa shape index (κ1) is 23.8. The Hall–Kier alpha value is 0.540. The third-order valence-corrected chi connectivity index (χ3v) is 4.74. The third kappa shape index (κ3) is 12.7. The van der Waals surface area contributed by atoms with Crippen LogP contribution >= 0.6 is 11.6 Å². The van der Waals surface area contributed by atoms with Crippen LogP contribution in [-0.2, 0) is 0 Å². The number of hydrogen-bond acceptors (Lipinski definition) is 0. The van der Waals surface area contributed by atoms with E-state index in [2.05, 4.69) is 20.8 Å². The molecule has 21 heavy (non-hydrogen) atoms. The molecule has 0 aliphatic carbocycles. The Bertz CT molecular complexity index is 190. The van der Waals surface area contributed by atoms with E-state index < -0.39 is 0 Å². The second-order valence-electron chi connectivity index (χ2n) is 6.40. The number of hydrogen-bond donors (Lipinski definition) is 0. The lowest BCUT2D eigenvalue weighted by molar-refractivity contribution is -0.928. The smallest absolute Gasteiger partial charge is 0.0798 e. The minimum Gasteiger partial charge on any atom is -1.00 e. The van der Waals surface area contributed by atoms with E-state index in [-0.39, 0.29) is 12.4 Å². The average Bonchev–Trinajstić information content (AvgIpc) is 2.47. The van der Waals surface area contributed by atoms with Gasteiger partial charge in [-0.3, -0.25) is 0 Å². The second-order valence-corrected chi connectivity index (χ2v) is 6.78. The topological polar surface area (TPSA) is 0 Å². The maximum absolute atomic E-state index is 5.98. The van der Waals surface area contributed by atoms with Crippen molar-refractivity contribution in [2.45, 2.75) is 85.0 Å². The molecule has 1 nitrogen and oxygen atoms in total. The van der Waals surface area contributed by atoms with Crippen LogP contribution in [0, 0.1) is 0 Å². The predicted molar refractivity (Wildman–Crippen MR) is 93.6 cm³/mol. The summed E-state index contributed by atoms with van der Waals surface area (Å²) in [5.41, 5.74) is 0. The van der Waals surface area contributed by atoms with E-state index in [4.69, 9.17) is 11.6 Å². The van der Waals surface area contributed by atoms with E-state index in [1.54, 1.807) is 0 Å². The van der Waals surface area contributed by atoms with Gasteiger partial charge >= 0.3 is 0 Å². The van der Waals surface area contributed by atoms with Gasteiger partial charge in [0.25, 0.3) is 0 Å². The van der Waals surface area contributed by atoms with Crippen molar-refractivity contribution in [2.24, 2.45) is 0 Å². The molecule has 0 heterocycles. The number of halogens is 2. The monoisotopic (exact) mass is 339 g/mol. The summed E-state index contributed by atoms with van der Waals surface area (Å²) in [4.78, 5) is 0. The molecule has 1 unspecified atom stereocenters. The van der Waals surface area contributed by atoms with Crippen molar-refractivity contribution in [3.05, 3.63) is 0 Å². The Kier molecular flexibility index (Phi) is 19.2. The number of rotatable bonds is 15. The Labute approximate surface area is 145 Å². The van der Waals surface area contributed by atoms with Crippen LogP contribution in [-0.4, -0.2) is 36.5 Å². The summed E-state index contributed by atoms with van der Waals surface area (Å²) >= 11 is 5.98. The average molecular weight is 340 g/mol. The van der Waals surface area contributed by atoms with Crippen LogP contribution in [0.15, 0.2) is 0 Å². The number of unbranched alkanes of at least 4 members (excludes halogenated alkanes) is 6. The summed E-state index contributed by atoms with van der Waals surface area (Å²) < 4.78 is 1.35. The quantitative estimate of drug-likeness (QED) is 0.244. The van der Waals surface area contributed by atoms with Crippen molar-refractivity contribution in [1.82, 2.24) is 0 Å². The maximum atomic E-state index is 5.98. The van der Waals surface area contributed by atoms with Gasteiger partial charge in [-0.05, 0) is 32.1 Å². The summed E-state index contributed by atoms with van der Waals surface area (Å²) in [6.45, 7) is 12.4. The van der Waals surface area contributed by atoms with Gasteiger partial charge in [-0.15, -0.1) is 11.6 Å². The van der Waals surface area contributed by atoms with E-state index in [9.17, 15) is 0 Å². The molecule has 0 aliphatic rings. The molecule has 0 bridgehead atoms. The molecule has 0 aromatic rings. The molecule has 1 atom stereocenters. The van der Waals surface area contributed by atoms with Gasteiger partial charge in [0.2, 0.25) is 0 Å².